The standard InChI is InChI=1S/C12H14N2O3/c1-6-2-10-8(4-11(6)15)7(5-14-10)3-9(13)12(16)17/h2,4-5,9,14-15H,3,13H2,1H3,(H,16,17)/t9-/m0/s1. The lowest BCUT2D eigenvalue weighted by atomic mass is 10.0. The van der Waals surface area contributed by atoms with Gasteiger partial charge in [-0.05, 0) is 30.2 Å². The number of rotatable bonds is 3. The number of phenols is 1. The van der Waals surface area contributed by atoms with Crippen molar-refractivity contribution in [1.29, 1.82) is 0 Å². The van der Waals surface area contributed by atoms with Crippen LogP contribution < -0.4 is 5.73 Å². The van der Waals surface area contributed by atoms with Crippen LogP contribution in [-0.2, 0) is 11.2 Å². The molecule has 5 nitrogen and oxygen atoms in total. The number of aromatic amines is 1. The minimum atomic E-state index is -1.03. The Hall–Kier alpha value is -2.01. The first-order chi connectivity index (χ1) is 7.99. The van der Waals surface area contributed by atoms with E-state index in [9.17, 15) is 9.90 Å². The molecular weight excluding hydrogens is 220 g/mol. The van der Waals surface area contributed by atoms with Gasteiger partial charge in [-0.15, -0.1) is 0 Å². The first kappa shape index (κ1) is 11.5. The lowest BCUT2D eigenvalue weighted by Crippen LogP contribution is -2.32. The lowest BCUT2D eigenvalue weighted by Gasteiger charge is -2.05. The van der Waals surface area contributed by atoms with Crippen LogP contribution in [0.25, 0.3) is 10.9 Å². The van der Waals surface area contributed by atoms with E-state index in [0.29, 0.717) is 0 Å². The summed E-state index contributed by atoms with van der Waals surface area (Å²) in [7, 11) is 0. The van der Waals surface area contributed by atoms with E-state index >= 15 is 0 Å². The van der Waals surface area contributed by atoms with E-state index in [2.05, 4.69) is 4.98 Å². The van der Waals surface area contributed by atoms with E-state index in [1.807, 2.05) is 6.07 Å². The molecule has 0 unspecified atom stereocenters. The van der Waals surface area contributed by atoms with Crippen LogP contribution in [0.15, 0.2) is 18.3 Å². The molecule has 5 heteroatoms. The third-order valence-electron chi connectivity index (χ3n) is 2.84. The van der Waals surface area contributed by atoms with Crippen molar-refractivity contribution >= 4 is 16.9 Å². The minimum absolute atomic E-state index is 0.197. The molecular formula is C12H14N2O3. The van der Waals surface area contributed by atoms with E-state index in [1.165, 1.54) is 0 Å². The number of phenolic OH excluding ortho intramolecular Hbond substituents is 1. The highest BCUT2D eigenvalue weighted by molar-refractivity contribution is 5.86. The Balaban J connectivity index is 2.42. The van der Waals surface area contributed by atoms with Crippen LogP contribution in [0.4, 0.5) is 0 Å². The molecule has 1 aromatic heterocycles. The highest BCUT2D eigenvalue weighted by atomic mass is 16.4. The van der Waals surface area contributed by atoms with E-state index in [0.717, 1.165) is 22.0 Å². The summed E-state index contributed by atoms with van der Waals surface area (Å²) in [5.41, 5.74) is 7.93. The van der Waals surface area contributed by atoms with Crippen molar-refractivity contribution in [3.8, 4) is 5.75 Å². The van der Waals surface area contributed by atoms with E-state index in [4.69, 9.17) is 10.8 Å². The van der Waals surface area contributed by atoms with Gasteiger partial charge in [-0.2, -0.15) is 0 Å². The third kappa shape index (κ3) is 2.09. The molecule has 0 saturated carbocycles. The predicted molar refractivity (Wildman–Crippen MR) is 64.0 cm³/mol. The number of benzene rings is 1. The maximum atomic E-state index is 10.7. The largest absolute Gasteiger partial charge is 0.508 e. The number of nitrogens with two attached hydrogens (primary N) is 1. The molecule has 0 saturated heterocycles. The Morgan fingerprint density at radius 3 is 2.88 bits per heavy atom. The zero-order valence-electron chi connectivity index (χ0n) is 9.40. The maximum absolute atomic E-state index is 10.7. The molecule has 2 aromatic rings. The highest BCUT2D eigenvalue weighted by Gasteiger charge is 2.15. The zero-order chi connectivity index (χ0) is 12.6. The molecule has 90 valence electrons. The van der Waals surface area contributed by atoms with E-state index < -0.39 is 12.0 Å². The van der Waals surface area contributed by atoms with Gasteiger partial charge in [-0.1, -0.05) is 0 Å². The fourth-order valence-corrected chi connectivity index (χ4v) is 1.82. The second-order valence-electron chi connectivity index (χ2n) is 4.15. The molecule has 1 heterocycles. The maximum Gasteiger partial charge on any atom is 0.320 e. The Bertz CT molecular complexity index is 574. The number of carbonyl (C=O) groups is 1. The van der Waals surface area contributed by atoms with Crippen LogP contribution in [0.5, 0.6) is 5.75 Å². The number of carboxylic acids is 1. The van der Waals surface area contributed by atoms with Gasteiger partial charge in [-0.3, -0.25) is 4.79 Å². The van der Waals surface area contributed by atoms with Crippen LogP contribution in [-0.4, -0.2) is 27.2 Å². The van der Waals surface area contributed by atoms with Gasteiger partial charge in [0.2, 0.25) is 0 Å². The summed E-state index contributed by atoms with van der Waals surface area (Å²) >= 11 is 0. The average molecular weight is 234 g/mol. The molecule has 1 atom stereocenters. The van der Waals surface area contributed by atoms with Crippen molar-refractivity contribution in [3.63, 3.8) is 0 Å². The van der Waals surface area contributed by atoms with Gasteiger partial charge >= 0.3 is 5.97 Å². The van der Waals surface area contributed by atoms with Gasteiger partial charge in [0.05, 0.1) is 0 Å². The van der Waals surface area contributed by atoms with Gasteiger partial charge in [0.15, 0.2) is 0 Å². The lowest BCUT2D eigenvalue weighted by molar-refractivity contribution is -0.138. The first-order valence-corrected chi connectivity index (χ1v) is 5.27. The van der Waals surface area contributed by atoms with Crippen molar-refractivity contribution in [1.82, 2.24) is 4.98 Å². The number of nitrogens with one attached hydrogen (secondary N) is 1. The summed E-state index contributed by atoms with van der Waals surface area (Å²) in [6.45, 7) is 1.80. The number of carboxylic acid groups (broad SMARTS) is 1. The fourth-order valence-electron chi connectivity index (χ4n) is 1.82. The molecule has 5 N–H and O–H groups in total. The number of aromatic nitrogens is 1. The number of hydrogen-bond acceptors (Lipinski definition) is 3. The van der Waals surface area contributed by atoms with Crippen LogP contribution in [0.1, 0.15) is 11.1 Å². The van der Waals surface area contributed by atoms with Crippen molar-refractivity contribution in [2.45, 2.75) is 19.4 Å². The number of hydrogen-bond donors (Lipinski definition) is 4. The normalized spacial score (nSPS) is 12.8. The van der Waals surface area contributed by atoms with Gasteiger partial charge in [0.1, 0.15) is 11.8 Å². The predicted octanol–water partition coefficient (Wildman–Crippen LogP) is 1.14. The molecule has 2 rings (SSSR count). The smallest absolute Gasteiger partial charge is 0.320 e. The van der Waals surface area contributed by atoms with E-state index in [1.54, 1.807) is 19.2 Å². The van der Waals surface area contributed by atoms with Crippen LogP contribution in [0.2, 0.25) is 0 Å². The molecule has 1 aromatic carbocycles. The van der Waals surface area contributed by atoms with Crippen LogP contribution in [0, 0.1) is 6.92 Å². The Kier molecular flexibility index (Phi) is 2.77. The molecule has 0 radical (unpaired) electrons. The monoisotopic (exact) mass is 234 g/mol. The van der Waals surface area contributed by atoms with Crippen molar-refractivity contribution in [2.24, 2.45) is 5.73 Å². The summed E-state index contributed by atoms with van der Waals surface area (Å²) in [5.74, 6) is -0.835. The summed E-state index contributed by atoms with van der Waals surface area (Å²) in [4.78, 5) is 13.7. The number of H-pyrrole nitrogens is 1. The number of aromatic hydroxyl groups is 1. The highest BCUT2D eigenvalue weighted by Crippen LogP contribution is 2.27. The number of fused-ring (bicyclic) bond motifs is 1. The quantitative estimate of drug-likeness (QED) is 0.639. The van der Waals surface area contributed by atoms with Gasteiger partial charge < -0.3 is 20.9 Å². The fraction of sp³-hybridized carbons (Fsp3) is 0.250. The Morgan fingerprint density at radius 2 is 2.24 bits per heavy atom. The molecule has 0 spiro atoms. The molecule has 0 aliphatic heterocycles. The molecule has 0 amide bonds. The number of aryl methyl sites for hydroxylation is 1. The van der Waals surface area contributed by atoms with Crippen LogP contribution in [0.3, 0.4) is 0 Å². The summed E-state index contributed by atoms with van der Waals surface area (Å²) in [5, 5.41) is 19.2. The summed E-state index contributed by atoms with van der Waals surface area (Å²) in [6, 6.07) is 2.52. The molecule has 0 bridgehead atoms. The summed E-state index contributed by atoms with van der Waals surface area (Å²) < 4.78 is 0. The Morgan fingerprint density at radius 1 is 1.53 bits per heavy atom. The van der Waals surface area contributed by atoms with Gasteiger partial charge in [0.25, 0.3) is 0 Å². The van der Waals surface area contributed by atoms with Crippen molar-refractivity contribution in [3.05, 3.63) is 29.5 Å². The van der Waals surface area contributed by atoms with Gasteiger partial charge in [0, 0.05) is 23.5 Å². The van der Waals surface area contributed by atoms with Crippen molar-refractivity contribution in [2.75, 3.05) is 0 Å². The van der Waals surface area contributed by atoms with Crippen molar-refractivity contribution < 1.29 is 15.0 Å². The zero-order valence-corrected chi connectivity index (χ0v) is 9.40. The van der Waals surface area contributed by atoms with Gasteiger partial charge in [-0.25, -0.2) is 0 Å². The van der Waals surface area contributed by atoms with Crippen LogP contribution >= 0.6 is 0 Å². The molecule has 17 heavy (non-hydrogen) atoms. The third-order valence-corrected chi connectivity index (χ3v) is 2.84. The first-order valence-electron chi connectivity index (χ1n) is 5.27. The second kappa shape index (κ2) is 4.10. The molecule has 0 aliphatic rings. The molecule has 0 fully saturated rings. The number of aliphatic carboxylic acids is 1. The summed E-state index contributed by atoms with van der Waals surface area (Å²) in [6.07, 6.45) is 1.96. The topological polar surface area (TPSA) is 99.3 Å². The Labute approximate surface area is 97.9 Å². The second-order valence-corrected chi connectivity index (χ2v) is 4.15. The molecule has 0 aliphatic carbocycles. The van der Waals surface area contributed by atoms with E-state index in [-0.39, 0.29) is 12.2 Å². The average Bonchev–Trinajstić information content (AvgIpc) is 2.62. The SMILES string of the molecule is Cc1cc2[nH]cc(C[C@H](N)C(=O)O)c2cc1O. The minimum Gasteiger partial charge on any atom is -0.508 e.